The summed E-state index contributed by atoms with van der Waals surface area (Å²) in [4.78, 5) is 0.357. The van der Waals surface area contributed by atoms with Crippen LogP contribution in [0.15, 0.2) is 35.2 Å². The van der Waals surface area contributed by atoms with E-state index in [0.29, 0.717) is 17.0 Å². The van der Waals surface area contributed by atoms with Crippen molar-refractivity contribution in [1.82, 2.24) is 10.0 Å². The smallest absolute Gasteiger partial charge is 0.240 e. The second-order valence-corrected chi connectivity index (χ2v) is 6.95. The zero-order valence-corrected chi connectivity index (χ0v) is 12.2. The molecule has 2 aliphatic heterocycles. The van der Waals surface area contributed by atoms with E-state index in [1.807, 2.05) is 6.07 Å². The first-order valence-electron chi connectivity index (χ1n) is 6.47. The first-order chi connectivity index (χ1) is 8.63. The molecule has 0 aromatic heterocycles. The molecule has 2 bridgehead atoms. The van der Waals surface area contributed by atoms with Gasteiger partial charge in [-0.1, -0.05) is 18.2 Å². The van der Waals surface area contributed by atoms with Crippen LogP contribution in [0.1, 0.15) is 25.7 Å². The summed E-state index contributed by atoms with van der Waals surface area (Å²) in [7, 11) is -3.36. The summed E-state index contributed by atoms with van der Waals surface area (Å²) in [6.07, 6.45) is 4.16. The van der Waals surface area contributed by atoms with Gasteiger partial charge < -0.3 is 5.32 Å². The lowest BCUT2D eigenvalue weighted by atomic mass is 10.0. The highest BCUT2D eigenvalue weighted by atomic mass is 35.5. The third-order valence-corrected chi connectivity index (χ3v) is 5.38. The summed E-state index contributed by atoms with van der Waals surface area (Å²) in [6.45, 7) is 0. The Morgan fingerprint density at radius 2 is 1.63 bits per heavy atom. The standard InChI is InChI=1S/C13H18N2O2S.ClH/c16-18(17,13-4-2-1-3-5-13)15-12-8-10-6-7-11(9-12)14-10;/h1-5,10-12,14-15H,6-9H2;1H. The van der Waals surface area contributed by atoms with Gasteiger partial charge in [-0.25, -0.2) is 13.1 Å². The Morgan fingerprint density at radius 1 is 1.05 bits per heavy atom. The molecule has 2 unspecified atom stereocenters. The molecule has 2 heterocycles. The van der Waals surface area contributed by atoms with Crippen molar-refractivity contribution in [3.63, 3.8) is 0 Å². The number of benzene rings is 1. The van der Waals surface area contributed by atoms with Crippen molar-refractivity contribution in [2.45, 2.75) is 48.7 Å². The SMILES string of the molecule is Cl.O=S(=O)(NC1CC2CCC(C1)N2)c1ccccc1. The molecule has 0 spiro atoms. The predicted molar refractivity (Wildman–Crippen MR) is 77.0 cm³/mol. The van der Waals surface area contributed by atoms with Gasteiger partial charge in [0.2, 0.25) is 10.0 Å². The molecule has 1 aromatic rings. The normalized spacial score (nSPS) is 29.8. The molecule has 0 amide bonds. The first kappa shape index (κ1) is 14.8. The van der Waals surface area contributed by atoms with Crippen LogP contribution in [-0.4, -0.2) is 26.5 Å². The molecular formula is C13H19ClN2O2S. The minimum Gasteiger partial charge on any atom is -0.311 e. The van der Waals surface area contributed by atoms with Gasteiger partial charge in [0.15, 0.2) is 0 Å². The fourth-order valence-corrected chi connectivity index (χ4v) is 4.32. The van der Waals surface area contributed by atoms with Gasteiger partial charge in [-0.2, -0.15) is 0 Å². The molecule has 2 N–H and O–H groups in total. The lowest BCUT2D eigenvalue weighted by molar-refractivity contribution is 0.345. The van der Waals surface area contributed by atoms with Gasteiger partial charge in [0, 0.05) is 18.1 Å². The van der Waals surface area contributed by atoms with Gasteiger partial charge in [-0.05, 0) is 37.8 Å². The van der Waals surface area contributed by atoms with E-state index in [-0.39, 0.29) is 18.4 Å². The fraction of sp³-hybridized carbons (Fsp3) is 0.538. The lowest BCUT2D eigenvalue weighted by Crippen LogP contribution is -2.47. The molecule has 1 aromatic carbocycles. The van der Waals surface area contributed by atoms with Gasteiger partial charge >= 0.3 is 0 Å². The zero-order chi connectivity index (χ0) is 12.6. The molecule has 0 aliphatic carbocycles. The Hall–Kier alpha value is -0.620. The molecule has 4 nitrogen and oxygen atoms in total. The molecule has 106 valence electrons. The van der Waals surface area contributed by atoms with Crippen molar-refractivity contribution in [2.24, 2.45) is 0 Å². The van der Waals surface area contributed by atoms with Crippen LogP contribution in [0, 0.1) is 0 Å². The van der Waals surface area contributed by atoms with Crippen LogP contribution in [0.25, 0.3) is 0 Å². The maximum atomic E-state index is 12.2. The molecular weight excluding hydrogens is 284 g/mol. The minimum absolute atomic E-state index is 0. The van der Waals surface area contributed by atoms with Crippen LogP contribution >= 0.6 is 12.4 Å². The van der Waals surface area contributed by atoms with Crippen LogP contribution in [0.3, 0.4) is 0 Å². The summed E-state index contributed by atoms with van der Waals surface area (Å²) in [5, 5.41) is 3.51. The number of hydrogen-bond acceptors (Lipinski definition) is 3. The van der Waals surface area contributed by atoms with Crippen LogP contribution < -0.4 is 10.0 Å². The highest BCUT2D eigenvalue weighted by molar-refractivity contribution is 7.89. The average molecular weight is 303 g/mol. The Kier molecular flexibility index (Phi) is 4.50. The molecule has 2 saturated heterocycles. The summed E-state index contributed by atoms with van der Waals surface area (Å²) in [5.41, 5.74) is 0. The number of fused-ring (bicyclic) bond motifs is 2. The number of sulfonamides is 1. The third-order valence-electron chi connectivity index (χ3n) is 3.85. The number of hydrogen-bond donors (Lipinski definition) is 2. The van der Waals surface area contributed by atoms with Crippen LogP contribution in [-0.2, 0) is 10.0 Å². The van der Waals surface area contributed by atoms with Crippen molar-refractivity contribution < 1.29 is 8.42 Å². The largest absolute Gasteiger partial charge is 0.311 e. The van der Waals surface area contributed by atoms with E-state index < -0.39 is 10.0 Å². The van der Waals surface area contributed by atoms with Crippen molar-refractivity contribution >= 4 is 22.4 Å². The number of piperidine rings is 1. The monoisotopic (exact) mass is 302 g/mol. The second-order valence-electron chi connectivity index (χ2n) is 5.24. The van der Waals surface area contributed by atoms with E-state index >= 15 is 0 Å². The van der Waals surface area contributed by atoms with E-state index in [0.717, 1.165) is 12.8 Å². The Bertz CT molecular complexity index is 509. The summed E-state index contributed by atoms with van der Waals surface area (Å²) in [6, 6.07) is 9.66. The number of rotatable bonds is 3. The van der Waals surface area contributed by atoms with Gasteiger partial charge in [-0.15, -0.1) is 12.4 Å². The molecule has 0 radical (unpaired) electrons. The Balaban J connectivity index is 0.00000133. The van der Waals surface area contributed by atoms with E-state index in [1.54, 1.807) is 24.3 Å². The van der Waals surface area contributed by atoms with Crippen LogP contribution in [0.5, 0.6) is 0 Å². The number of halogens is 1. The maximum Gasteiger partial charge on any atom is 0.240 e. The molecule has 2 fully saturated rings. The summed E-state index contributed by atoms with van der Waals surface area (Å²) >= 11 is 0. The quantitative estimate of drug-likeness (QED) is 0.893. The molecule has 19 heavy (non-hydrogen) atoms. The van der Waals surface area contributed by atoms with Crippen molar-refractivity contribution in [1.29, 1.82) is 0 Å². The molecule has 2 aliphatic rings. The summed E-state index contributed by atoms with van der Waals surface area (Å²) in [5.74, 6) is 0. The van der Waals surface area contributed by atoms with E-state index in [9.17, 15) is 8.42 Å². The first-order valence-corrected chi connectivity index (χ1v) is 7.95. The lowest BCUT2D eigenvalue weighted by Gasteiger charge is -2.29. The zero-order valence-electron chi connectivity index (χ0n) is 10.6. The second kappa shape index (κ2) is 5.79. The Morgan fingerprint density at radius 3 is 2.21 bits per heavy atom. The third kappa shape index (κ3) is 3.28. The highest BCUT2D eigenvalue weighted by Crippen LogP contribution is 2.27. The molecule has 3 rings (SSSR count). The van der Waals surface area contributed by atoms with E-state index in [4.69, 9.17) is 0 Å². The number of nitrogens with one attached hydrogen (secondary N) is 2. The average Bonchev–Trinajstić information content (AvgIpc) is 2.69. The maximum absolute atomic E-state index is 12.2. The van der Waals surface area contributed by atoms with Gasteiger partial charge in [-0.3, -0.25) is 0 Å². The van der Waals surface area contributed by atoms with Gasteiger partial charge in [0.25, 0.3) is 0 Å². The van der Waals surface area contributed by atoms with Gasteiger partial charge in [0.1, 0.15) is 0 Å². The van der Waals surface area contributed by atoms with Crippen LogP contribution in [0.4, 0.5) is 0 Å². The van der Waals surface area contributed by atoms with Crippen LogP contribution in [0.2, 0.25) is 0 Å². The topological polar surface area (TPSA) is 58.2 Å². The van der Waals surface area contributed by atoms with Crippen molar-refractivity contribution in [2.75, 3.05) is 0 Å². The molecule has 0 saturated carbocycles. The minimum atomic E-state index is -3.36. The van der Waals surface area contributed by atoms with Crippen molar-refractivity contribution in [3.8, 4) is 0 Å². The Labute approximate surface area is 120 Å². The molecule has 6 heteroatoms. The van der Waals surface area contributed by atoms with Gasteiger partial charge in [0.05, 0.1) is 4.90 Å². The fourth-order valence-electron chi connectivity index (χ4n) is 3.04. The summed E-state index contributed by atoms with van der Waals surface area (Å²) < 4.78 is 27.2. The predicted octanol–water partition coefficient (Wildman–Crippen LogP) is 1.67. The van der Waals surface area contributed by atoms with Crippen molar-refractivity contribution in [3.05, 3.63) is 30.3 Å². The van der Waals surface area contributed by atoms with E-state index in [1.165, 1.54) is 12.8 Å². The molecule has 2 atom stereocenters. The highest BCUT2D eigenvalue weighted by Gasteiger charge is 2.35. The van der Waals surface area contributed by atoms with E-state index in [2.05, 4.69) is 10.0 Å².